The first kappa shape index (κ1) is 21.4. The predicted molar refractivity (Wildman–Crippen MR) is 109 cm³/mol. The number of hydrogen-bond donors (Lipinski definition) is 1. The zero-order chi connectivity index (χ0) is 21.1. The number of H-pyrrole nitrogens is 1. The van der Waals surface area contributed by atoms with Crippen LogP contribution in [0.15, 0.2) is 0 Å². The number of amides is 2. The molecule has 3 heterocycles. The van der Waals surface area contributed by atoms with Crippen molar-refractivity contribution < 1.29 is 19.1 Å². The molecule has 2 fully saturated rings. The molecule has 2 aliphatic heterocycles. The van der Waals surface area contributed by atoms with Gasteiger partial charge in [-0.05, 0) is 46.2 Å². The van der Waals surface area contributed by atoms with Crippen molar-refractivity contribution >= 4 is 17.8 Å². The summed E-state index contributed by atoms with van der Waals surface area (Å²) in [5.74, 6) is -0.313. The topological polar surface area (TPSA) is 85.9 Å². The molecule has 0 aromatic carbocycles. The monoisotopic (exact) mass is 404 g/mol. The molecule has 0 atom stereocenters. The highest BCUT2D eigenvalue weighted by atomic mass is 16.5. The minimum Gasteiger partial charge on any atom is -0.462 e. The highest BCUT2D eigenvalue weighted by Crippen LogP contribution is 2.25. The maximum Gasteiger partial charge on any atom is 0.340 e. The molecule has 3 rings (SSSR count). The highest BCUT2D eigenvalue weighted by molar-refractivity contribution is 6.00. The summed E-state index contributed by atoms with van der Waals surface area (Å²) in [6.45, 7) is 10.1. The predicted octanol–water partition coefficient (Wildman–Crippen LogP) is 1.43. The number of ether oxygens (including phenoxy) is 1. The second kappa shape index (κ2) is 8.98. The molecule has 2 aliphatic rings. The van der Waals surface area contributed by atoms with Crippen LogP contribution in [0.1, 0.15) is 51.9 Å². The Morgan fingerprint density at radius 2 is 1.62 bits per heavy atom. The Balaban J connectivity index is 1.61. The summed E-state index contributed by atoms with van der Waals surface area (Å²) in [4.78, 5) is 47.0. The average molecular weight is 405 g/mol. The summed E-state index contributed by atoms with van der Waals surface area (Å²) in [5.41, 5.74) is 2.15. The van der Waals surface area contributed by atoms with Crippen LogP contribution in [0.25, 0.3) is 0 Å². The lowest BCUT2D eigenvalue weighted by Crippen LogP contribution is -2.51. The Morgan fingerprint density at radius 1 is 1.00 bits per heavy atom. The molecule has 1 aromatic heterocycles. The molecule has 2 saturated heterocycles. The van der Waals surface area contributed by atoms with E-state index in [4.69, 9.17) is 4.74 Å². The smallest absolute Gasteiger partial charge is 0.340 e. The Hall–Kier alpha value is -2.35. The van der Waals surface area contributed by atoms with E-state index in [-0.39, 0.29) is 17.7 Å². The summed E-state index contributed by atoms with van der Waals surface area (Å²) in [6.07, 6.45) is 1.36. The summed E-state index contributed by atoms with van der Waals surface area (Å²) >= 11 is 0. The zero-order valence-electron chi connectivity index (χ0n) is 17.9. The Bertz CT molecular complexity index is 772. The lowest BCUT2D eigenvalue weighted by Gasteiger charge is -2.37. The van der Waals surface area contributed by atoms with E-state index in [9.17, 15) is 14.4 Å². The van der Waals surface area contributed by atoms with Gasteiger partial charge >= 0.3 is 5.97 Å². The number of esters is 1. The Kier molecular flexibility index (Phi) is 6.62. The number of rotatable bonds is 4. The van der Waals surface area contributed by atoms with E-state index in [0.717, 1.165) is 26.2 Å². The van der Waals surface area contributed by atoms with Crippen LogP contribution in [0.3, 0.4) is 0 Å². The highest BCUT2D eigenvalue weighted by Gasteiger charge is 2.33. The van der Waals surface area contributed by atoms with Crippen molar-refractivity contribution in [2.24, 2.45) is 5.92 Å². The molecule has 0 unspecified atom stereocenters. The molecule has 29 heavy (non-hydrogen) atoms. The summed E-state index contributed by atoms with van der Waals surface area (Å²) in [7, 11) is 2.07. The van der Waals surface area contributed by atoms with Gasteiger partial charge in [-0.25, -0.2) is 4.79 Å². The SMILES string of the molecule is CCOC(=O)c1c(C)[nH]c(C(=O)N2CCC(C(=O)N3CCN(C)CC3)CC2)c1C. The third-order valence-electron chi connectivity index (χ3n) is 6.08. The number of aromatic amines is 1. The van der Waals surface area contributed by atoms with E-state index in [0.29, 0.717) is 55.1 Å². The van der Waals surface area contributed by atoms with Crippen LogP contribution in [0, 0.1) is 19.8 Å². The van der Waals surface area contributed by atoms with Gasteiger partial charge < -0.3 is 24.4 Å². The molecule has 1 N–H and O–H groups in total. The first-order valence-corrected chi connectivity index (χ1v) is 10.5. The zero-order valence-corrected chi connectivity index (χ0v) is 17.9. The quantitative estimate of drug-likeness (QED) is 0.768. The van der Waals surface area contributed by atoms with Crippen molar-refractivity contribution in [3.8, 4) is 0 Å². The van der Waals surface area contributed by atoms with Crippen LogP contribution in [-0.4, -0.2) is 90.4 Å². The third-order valence-corrected chi connectivity index (χ3v) is 6.08. The van der Waals surface area contributed by atoms with Crippen LogP contribution in [0.2, 0.25) is 0 Å². The number of nitrogens with one attached hydrogen (secondary N) is 1. The number of likely N-dealkylation sites (N-methyl/N-ethyl adjacent to an activating group) is 1. The number of hydrogen-bond acceptors (Lipinski definition) is 5. The fourth-order valence-electron chi connectivity index (χ4n) is 4.25. The summed E-state index contributed by atoms with van der Waals surface area (Å²) < 4.78 is 5.10. The van der Waals surface area contributed by atoms with Crippen molar-refractivity contribution in [3.05, 3.63) is 22.5 Å². The molecule has 2 amide bonds. The van der Waals surface area contributed by atoms with Gasteiger partial charge in [-0.3, -0.25) is 9.59 Å². The van der Waals surface area contributed by atoms with Crippen LogP contribution < -0.4 is 0 Å². The molecular formula is C21H32N4O4. The second-order valence-corrected chi connectivity index (χ2v) is 8.04. The van der Waals surface area contributed by atoms with Crippen molar-refractivity contribution in [1.82, 2.24) is 19.7 Å². The normalized spacial score (nSPS) is 18.8. The molecule has 8 heteroatoms. The van der Waals surface area contributed by atoms with Crippen molar-refractivity contribution in [2.45, 2.75) is 33.6 Å². The molecule has 160 valence electrons. The van der Waals surface area contributed by atoms with E-state index in [2.05, 4.69) is 16.9 Å². The Morgan fingerprint density at radius 3 is 2.21 bits per heavy atom. The number of aryl methyl sites for hydroxylation is 1. The second-order valence-electron chi connectivity index (χ2n) is 8.04. The van der Waals surface area contributed by atoms with Gasteiger partial charge in [0.05, 0.1) is 12.2 Å². The van der Waals surface area contributed by atoms with Gasteiger partial charge in [-0.15, -0.1) is 0 Å². The average Bonchev–Trinajstić information content (AvgIpc) is 3.02. The van der Waals surface area contributed by atoms with Gasteiger partial charge in [-0.1, -0.05) is 0 Å². The van der Waals surface area contributed by atoms with E-state index in [1.807, 2.05) is 4.90 Å². The molecule has 0 saturated carbocycles. The molecule has 0 radical (unpaired) electrons. The van der Waals surface area contributed by atoms with E-state index < -0.39 is 5.97 Å². The molecule has 0 aliphatic carbocycles. The molecule has 0 bridgehead atoms. The summed E-state index contributed by atoms with van der Waals surface area (Å²) in [5, 5.41) is 0. The van der Waals surface area contributed by atoms with Gasteiger partial charge in [0, 0.05) is 50.9 Å². The molecule has 8 nitrogen and oxygen atoms in total. The summed E-state index contributed by atoms with van der Waals surface area (Å²) in [6, 6.07) is 0. The number of piperazine rings is 1. The lowest BCUT2D eigenvalue weighted by molar-refractivity contribution is -0.138. The van der Waals surface area contributed by atoms with Crippen molar-refractivity contribution in [3.63, 3.8) is 0 Å². The van der Waals surface area contributed by atoms with Gasteiger partial charge in [0.1, 0.15) is 5.69 Å². The van der Waals surface area contributed by atoms with Gasteiger partial charge in [0.15, 0.2) is 0 Å². The van der Waals surface area contributed by atoms with E-state index >= 15 is 0 Å². The van der Waals surface area contributed by atoms with Gasteiger partial charge in [0.25, 0.3) is 5.91 Å². The van der Waals surface area contributed by atoms with Crippen LogP contribution in [0.5, 0.6) is 0 Å². The molecule has 1 aromatic rings. The van der Waals surface area contributed by atoms with Crippen LogP contribution in [0.4, 0.5) is 0 Å². The van der Waals surface area contributed by atoms with E-state index in [1.165, 1.54) is 0 Å². The number of nitrogens with zero attached hydrogens (tertiary/aromatic N) is 3. The minimum atomic E-state index is -0.408. The lowest BCUT2D eigenvalue weighted by atomic mass is 9.94. The maximum atomic E-state index is 13.0. The third kappa shape index (κ3) is 4.47. The van der Waals surface area contributed by atoms with Gasteiger partial charge in [-0.2, -0.15) is 0 Å². The number of carbonyl (C=O) groups is 3. The maximum absolute atomic E-state index is 13.0. The fourth-order valence-corrected chi connectivity index (χ4v) is 4.25. The van der Waals surface area contributed by atoms with Crippen molar-refractivity contribution in [1.29, 1.82) is 0 Å². The largest absolute Gasteiger partial charge is 0.462 e. The number of likely N-dealkylation sites (tertiary alicyclic amines) is 1. The number of aromatic nitrogens is 1. The van der Waals surface area contributed by atoms with Crippen LogP contribution >= 0.6 is 0 Å². The van der Waals surface area contributed by atoms with Crippen LogP contribution in [-0.2, 0) is 9.53 Å². The Labute approximate surface area is 172 Å². The fraction of sp³-hybridized carbons (Fsp3) is 0.667. The first-order valence-electron chi connectivity index (χ1n) is 10.5. The standard InChI is InChI=1S/C21H32N4O4/c1-5-29-21(28)17-14(2)18(22-15(17)3)20(27)24-8-6-16(7-9-24)19(26)25-12-10-23(4)11-13-25/h16,22H,5-13H2,1-4H3. The molecular weight excluding hydrogens is 372 g/mol. The number of piperidine rings is 1. The van der Waals surface area contributed by atoms with Gasteiger partial charge in [0.2, 0.25) is 5.91 Å². The first-order chi connectivity index (χ1) is 13.8. The van der Waals surface area contributed by atoms with Crippen molar-refractivity contribution in [2.75, 3.05) is 52.9 Å². The molecule has 0 spiro atoms. The number of carbonyl (C=O) groups excluding carboxylic acids is 3. The minimum absolute atomic E-state index is 0.0102. The van der Waals surface area contributed by atoms with E-state index in [1.54, 1.807) is 25.7 Å².